The monoisotopic (exact) mass is 103 g/mol. The molecular weight excluding hydrogens is 97.0 g/mol. The van der Waals surface area contributed by atoms with Crippen LogP contribution >= 0.6 is 0 Å². The highest BCUT2D eigenvalue weighted by atomic mass is 19.1. The molecule has 1 amide bonds. The number of carbonyl (C=O) groups is 1. The molecule has 0 rings (SSSR count). The van der Waals surface area contributed by atoms with Gasteiger partial charge >= 0.3 is 0 Å². The van der Waals surface area contributed by atoms with E-state index in [1.807, 2.05) is 0 Å². The third-order valence-electron chi connectivity index (χ3n) is 0.487. The van der Waals surface area contributed by atoms with E-state index in [1.165, 1.54) is 14.1 Å². The lowest BCUT2D eigenvalue weighted by molar-refractivity contribution is -0.126. The van der Waals surface area contributed by atoms with Gasteiger partial charge in [0, 0.05) is 14.1 Å². The highest BCUT2D eigenvalue weighted by Gasteiger charge is 2.01. The lowest BCUT2D eigenvalue weighted by Gasteiger charge is -2.02. The molecule has 0 aromatic heterocycles. The second-order valence-corrected chi connectivity index (χ2v) is 1.29. The van der Waals surface area contributed by atoms with Crippen molar-refractivity contribution in [2.24, 2.45) is 0 Å². The highest BCUT2D eigenvalue weighted by molar-refractivity contribution is 5.82. The van der Waals surface area contributed by atoms with Crippen molar-refractivity contribution in [2.45, 2.75) is 0 Å². The minimum atomic E-state index is -0.736. The first kappa shape index (κ1) is 6.40. The molecular formula is C4H6FNO. The SMILES string of the molecule is CN(C)C(=O)[C]F. The predicted octanol–water partition coefficient (Wildman–Crippen LogP) is 0.0829. The van der Waals surface area contributed by atoms with Crippen LogP contribution in [0.25, 0.3) is 0 Å². The molecule has 2 radical (unpaired) electrons. The maximum atomic E-state index is 11.0. The van der Waals surface area contributed by atoms with E-state index in [2.05, 4.69) is 0 Å². The summed E-state index contributed by atoms with van der Waals surface area (Å²) in [5, 5.41) is 0. The summed E-state index contributed by atoms with van der Waals surface area (Å²) < 4.78 is 11.0. The molecule has 0 aliphatic rings. The Morgan fingerprint density at radius 3 is 2.14 bits per heavy atom. The molecule has 0 atom stereocenters. The van der Waals surface area contributed by atoms with Crippen LogP contribution in [0.3, 0.4) is 0 Å². The maximum absolute atomic E-state index is 11.0. The first-order valence-electron chi connectivity index (χ1n) is 1.76. The average molecular weight is 103 g/mol. The van der Waals surface area contributed by atoms with E-state index < -0.39 is 5.91 Å². The summed E-state index contributed by atoms with van der Waals surface area (Å²) in [5.74, 6) is -0.736. The van der Waals surface area contributed by atoms with Gasteiger partial charge in [-0.05, 0) is 0 Å². The quantitative estimate of drug-likeness (QED) is 0.460. The zero-order valence-electron chi connectivity index (χ0n) is 4.23. The van der Waals surface area contributed by atoms with Crippen LogP contribution in [0.15, 0.2) is 0 Å². The van der Waals surface area contributed by atoms with Crippen LogP contribution in [-0.2, 0) is 4.79 Å². The van der Waals surface area contributed by atoms with Crippen molar-refractivity contribution >= 4 is 5.91 Å². The molecule has 0 spiro atoms. The van der Waals surface area contributed by atoms with Crippen LogP contribution in [0.1, 0.15) is 0 Å². The Bertz CT molecular complexity index is 72.1. The van der Waals surface area contributed by atoms with Gasteiger partial charge < -0.3 is 4.90 Å². The van der Waals surface area contributed by atoms with Crippen LogP contribution in [-0.4, -0.2) is 24.9 Å². The third kappa shape index (κ3) is 2.14. The molecule has 0 aliphatic heterocycles. The van der Waals surface area contributed by atoms with E-state index in [4.69, 9.17) is 0 Å². The molecule has 0 fully saturated rings. The average Bonchev–Trinajstić information content (AvgIpc) is 1.65. The van der Waals surface area contributed by atoms with Crippen LogP contribution < -0.4 is 0 Å². The lowest BCUT2D eigenvalue weighted by atomic mass is 10.6. The third-order valence-corrected chi connectivity index (χ3v) is 0.487. The van der Waals surface area contributed by atoms with Gasteiger partial charge in [0.05, 0.1) is 0 Å². The highest BCUT2D eigenvalue weighted by Crippen LogP contribution is 1.82. The summed E-state index contributed by atoms with van der Waals surface area (Å²) in [7, 11) is 2.91. The van der Waals surface area contributed by atoms with E-state index in [1.54, 1.807) is 0 Å². The molecule has 7 heavy (non-hydrogen) atoms. The number of amides is 1. The van der Waals surface area contributed by atoms with E-state index >= 15 is 0 Å². The molecule has 0 N–H and O–H groups in total. The normalized spacial score (nSPS) is 8.43. The summed E-state index contributed by atoms with van der Waals surface area (Å²) in [4.78, 5) is 11.0. The van der Waals surface area contributed by atoms with Gasteiger partial charge in [0.25, 0.3) is 12.6 Å². The Morgan fingerprint density at radius 1 is 1.71 bits per heavy atom. The summed E-state index contributed by atoms with van der Waals surface area (Å²) >= 11 is 0. The summed E-state index contributed by atoms with van der Waals surface area (Å²) in [6, 6.07) is 0. The van der Waals surface area contributed by atoms with Gasteiger partial charge in [-0.2, -0.15) is 0 Å². The van der Waals surface area contributed by atoms with Crippen molar-refractivity contribution in [3.63, 3.8) is 0 Å². The number of halogens is 1. The van der Waals surface area contributed by atoms with E-state index in [9.17, 15) is 9.18 Å². The number of hydrogen-bond donors (Lipinski definition) is 0. The molecule has 3 heteroatoms. The van der Waals surface area contributed by atoms with E-state index in [0.29, 0.717) is 0 Å². The zero-order chi connectivity index (χ0) is 5.86. The first-order chi connectivity index (χ1) is 3.18. The number of nitrogens with zero attached hydrogens (tertiary/aromatic N) is 1. The van der Waals surface area contributed by atoms with Gasteiger partial charge in [0.15, 0.2) is 0 Å². The number of carbonyl (C=O) groups excluding carboxylic acids is 1. The van der Waals surface area contributed by atoms with Crippen molar-refractivity contribution in [1.29, 1.82) is 0 Å². The fourth-order valence-electron chi connectivity index (χ4n) is 0.0845. The van der Waals surface area contributed by atoms with Crippen LogP contribution in [0.5, 0.6) is 0 Å². The van der Waals surface area contributed by atoms with Crippen LogP contribution in [0, 0.1) is 6.67 Å². The Labute approximate surface area is 41.9 Å². The van der Waals surface area contributed by atoms with E-state index in [0.717, 1.165) is 11.6 Å². The fourth-order valence-corrected chi connectivity index (χ4v) is 0.0845. The van der Waals surface area contributed by atoms with Crippen molar-refractivity contribution in [1.82, 2.24) is 4.90 Å². The van der Waals surface area contributed by atoms with E-state index in [-0.39, 0.29) is 0 Å². The maximum Gasteiger partial charge on any atom is 0.281 e. The van der Waals surface area contributed by atoms with Gasteiger partial charge in [-0.1, -0.05) is 0 Å². The van der Waals surface area contributed by atoms with Gasteiger partial charge in [0.1, 0.15) is 0 Å². The molecule has 0 heterocycles. The minimum Gasteiger partial charge on any atom is -0.346 e. The topological polar surface area (TPSA) is 20.3 Å². The van der Waals surface area contributed by atoms with Gasteiger partial charge in [-0.15, -0.1) is 0 Å². The van der Waals surface area contributed by atoms with Crippen LogP contribution in [0.2, 0.25) is 0 Å². The summed E-state index contributed by atoms with van der Waals surface area (Å²) in [5.41, 5.74) is 0. The number of hydrogen-bond acceptors (Lipinski definition) is 1. The number of rotatable bonds is 1. The molecule has 0 aromatic carbocycles. The molecule has 2 nitrogen and oxygen atoms in total. The van der Waals surface area contributed by atoms with Crippen molar-refractivity contribution < 1.29 is 9.18 Å². The van der Waals surface area contributed by atoms with Gasteiger partial charge in [-0.25, -0.2) is 4.39 Å². The molecule has 0 aromatic rings. The fraction of sp³-hybridized carbons (Fsp3) is 0.500. The van der Waals surface area contributed by atoms with Crippen molar-refractivity contribution in [2.75, 3.05) is 14.1 Å². The Morgan fingerprint density at radius 2 is 2.14 bits per heavy atom. The smallest absolute Gasteiger partial charge is 0.281 e. The molecule has 0 unspecified atom stereocenters. The minimum absolute atomic E-state index is 0.736. The predicted molar refractivity (Wildman–Crippen MR) is 23.0 cm³/mol. The Balaban J connectivity index is 3.35. The summed E-state index contributed by atoms with van der Waals surface area (Å²) in [6.07, 6.45) is 0. The Hall–Kier alpha value is -0.600. The molecule has 0 aliphatic carbocycles. The largest absolute Gasteiger partial charge is 0.346 e. The van der Waals surface area contributed by atoms with Gasteiger partial charge in [-0.3, -0.25) is 4.79 Å². The van der Waals surface area contributed by atoms with Crippen molar-refractivity contribution in [3.05, 3.63) is 6.67 Å². The molecule has 0 saturated heterocycles. The standard InChI is InChI=1S/C4H6FNO/c1-6(2)4(7)3-5/h1-2H3. The molecule has 0 bridgehead atoms. The molecule has 40 valence electrons. The molecule has 0 saturated carbocycles. The van der Waals surface area contributed by atoms with Crippen LogP contribution in [0.4, 0.5) is 4.39 Å². The zero-order valence-corrected chi connectivity index (χ0v) is 4.23. The van der Waals surface area contributed by atoms with Gasteiger partial charge in [0.2, 0.25) is 0 Å². The Kier molecular flexibility index (Phi) is 2.33. The second-order valence-electron chi connectivity index (χ2n) is 1.29. The second kappa shape index (κ2) is 2.55. The van der Waals surface area contributed by atoms with Crippen molar-refractivity contribution in [3.8, 4) is 0 Å². The summed E-state index contributed by atoms with van der Waals surface area (Å²) in [6.45, 7) is 0.951. The first-order valence-corrected chi connectivity index (χ1v) is 1.76. The lowest BCUT2D eigenvalue weighted by Crippen LogP contribution is -2.19.